The molecular weight excluding hydrogens is 512 g/mol. The van der Waals surface area contributed by atoms with Crippen molar-refractivity contribution in [3.8, 4) is 28.6 Å². The lowest BCUT2D eigenvalue weighted by molar-refractivity contribution is -0.384. The van der Waals surface area contributed by atoms with Crippen LogP contribution in [0.4, 0.5) is 5.69 Å². The first-order valence-corrected chi connectivity index (χ1v) is 12.2. The second-order valence-corrected chi connectivity index (χ2v) is 8.65. The van der Waals surface area contributed by atoms with E-state index in [-0.39, 0.29) is 17.9 Å². The molecule has 5 aromatic rings. The number of fused-ring (bicyclic) bond motifs is 1. The van der Waals surface area contributed by atoms with Crippen molar-refractivity contribution in [1.82, 2.24) is 9.66 Å². The maximum Gasteiger partial charge on any atom is 0.282 e. The van der Waals surface area contributed by atoms with Gasteiger partial charge in [0.25, 0.3) is 11.2 Å². The third-order valence-corrected chi connectivity index (χ3v) is 6.12. The molecule has 0 bridgehead atoms. The summed E-state index contributed by atoms with van der Waals surface area (Å²) in [4.78, 5) is 28.6. The van der Waals surface area contributed by atoms with E-state index in [4.69, 9.17) is 19.2 Å². The predicted molar refractivity (Wildman–Crippen MR) is 151 cm³/mol. The van der Waals surface area contributed by atoms with Crippen molar-refractivity contribution in [3.63, 3.8) is 0 Å². The SMILES string of the molecule is COc1cc(C=Nn2c(-c3ccccc3)nc3ccccc3c2=O)cc(OC)c1OCc1ccc([N+](=O)[O-])cc1. The molecule has 0 aliphatic heterocycles. The zero-order valence-electron chi connectivity index (χ0n) is 21.7. The van der Waals surface area contributed by atoms with Gasteiger partial charge in [0.05, 0.1) is 36.3 Å². The summed E-state index contributed by atoms with van der Waals surface area (Å²) >= 11 is 0. The van der Waals surface area contributed by atoms with E-state index in [0.29, 0.717) is 39.5 Å². The number of methoxy groups -OCH3 is 2. The molecule has 0 spiro atoms. The van der Waals surface area contributed by atoms with Crippen molar-refractivity contribution in [1.29, 1.82) is 0 Å². The first-order valence-electron chi connectivity index (χ1n) is 12.2. The number of benzene rings is 4. The first kappa shape index (κ1) is 26.1. The Bertz CT molecular complexity index is 1740. The number of ether oxygens (including phenoxy) is 3. The fraction of sp³-hybridized carbons (Fsp3) is 0.100. The summed E-state index contributed by atoms with van der Waals surface area (Å²) in [5.74, 6) is 1.53. The monoisotopic (exact) mass is 536 g/mol. The molecule has 0 fully saturated rings. The van der Waals surface area contributed by atoms with Crippen molar-refractivity contribution in [2.24, 2.45) is 5.10 Å². The van der Waals surface area contributed by atoms with Gasteiger partial charge in [-0.05, 0) is 42.0 Å². The molecule has 5 rings (SSSR count). The van der Waals surface area contributed by atoms with Crippen LogP contribution in [0.2, 0.25) is 0 Å². The van der Waals surface area contributed by atoms with Gasteiger partial charge in [0.15, 0.2) is 17.3 Å². The summed E-state index contributed by atoms with van der Waals surface area (Å²) in [5.41, 5.74) is 2.34. The molecule has 0 aliphatic carbocycles. The number of nitro benzene ring substituents is 1. The zero-order chi connectivity index (χ0) is 28.1. The molecule has 0 radical (unpaired) electrons. The number of hydrogen-bond acceptors (Lipinski definition) is 8. The molecule has 10 nitrogen and oxygen atoms in total. The minimum atomic E-state index is -0.456. The van der Waals surface area contributed by atoms with Gasteiger partial charge in [-0.2, -0.15) is 9.78 Å². The largest absolute Gasteiger partial charge is 0.493 e. The summed E-state index contributed by atoms with van der Waals surface area (Å²) < 4.78 is 18.4. The van der Waals surface area contributed by atoms with Gasteiger partial charge in [-0.15, -0.1) is 0 Å². The average molecular weight is 537 g/mol. The van der Waals surface area contributed by atoms with Crippen molar-refractivity contribution < 1.29 is 19.1 Å². The Labute approximate surface area is 228 Å². The molecule has 0 unspecified atom stereocenters. The third-order valence-electron chi connectivity index (χ3n) is 6.12. The Kier molecular flexibility index (Phi) is 7.49. The first-order chi connectivity index (χ1) is 19.5. The molecule has 0 saturated carbocycles. The Morgan fingerprint density at radius 3 is 2.23 bits per heavy atom. The third kappa shape index (κ3) is 5.37. The summed E-state index contributed by atoms with van der Waals surface area (Å²) in [7, 11) is 3.00. The topological polar surface area (TPSA) is 118 Å². The molecule has 4 aromatic carbocycles. The number of para-hydroxylation sites is 1. The molecule has 0 N–H and O–H groups in total. The van der Waals surface area contributed by atoms with Crippen molar-refractivity contribution in [2.45, 2.75) is 6.61 Å². The highest BCUT2D eigenvalue weighted by Gasteiger charge is 2.16. The van der Waals surface area contributed by atoms with Crippen LogP contribution >= 0.6 is 0 Å². The van der Waals surface area contributed by atoms with Crippen LogP contribution in [0.5, 0.6) is 17.2 Å². The Balaban J connectivity index is 1.50. The average Bonchev–Trinajstić information content (AvgIpc) is 2.99. The highest BCUT2D eigenvalue weighted by Crippen LogP contribution is 2.39. The second-order valence-electron chi connectivity index (χ2n) is 8.65. The van der Waals surface area contributed by atoms with Crippen LogP contribution in [0.3, 0.4) is 0 Å². The van der Waals surface area contributed by atoms with E-state index >= 15 is 0 Å². The van der Waals surface area contributed by atoms with Gasteiger partial charge in [0.1, 0.15) is 6.61 Å². The molecule has 200 valence electrons. The summed E-state index contributed by atoms with van der Waals surface area (Å²) in [6, 6.07) is 26.0. The highest BCUT2D eigenvalue weighted by atomic mass is 16.6. The molecule has 0 aliphatic rings. The normalized spacial score (nSPS) is 11.1. The highest BCUT2D eigenvalue weighted by molar-refractivity contribution is 5.83. The lowest BCUT2D eigenvalue weighted by Crippen LogP contribution is -2.20. The summed E-state index contributed by atoms with van der Waals surface area (Å²) in [6.45, 7) is 0.136. The van der Waals surface area contributed by atoms with Gasteiger partial charge in [-0.3, -0.25) is 14.9 Å². The summed E-state index contributed by atoms with van der Waals surface area (Å²) in [5, 5.41) is 15.9. The van der Waals surface area contributed by atoms with E-state index in [1.54, 1.807) is 42.5 Å². The minimum absolute atomic E-state index is 0.00121. The second kappa shape index (κ2) is 11.5. The lowest BCUT2D eigenvalue weighted by atomic mass is 10.2. The minimum Gasteiger partial charge on any atom is -0.493 e. The number of non-ortho nitro benzene ring substituents is 1. The fourth-order valence-electron chi connectivity index (χ4n) is 4.12. The summed E-state index contributed by atoms with van der Waals surface area (Å²) in [6.07, 6.45) is 1.52. The van der Waals surface area contributed by atoms with Crippen molar-refractivity contribution >= 4 is 22.8 Å². The van der Waals surface area contributed by atoms with Crippen LogP contribution in [0.15, 0.2) is 101 Å². The predicted octanol–water partition coefficient (Wildman–Crippen LogP) is 5.45. The van der Waals surface area contributed by atoms with E-state index in [1.807, 2.05) is 36.4 Å². The van der Waals surface area contributed by atoms with Gasteiger partial charge in [-0.25, -0.2) is 4.98 Å². The Hall–Kier alpha value is -5.51. The van der Waals surface area contributed by atoms with Crippen LogP contribution in [0.1, 0.15) is 11.1 Å². The number of hydrogen-bond donors (Lipinski definition) is 0. The molecular formula is C30H24N4O6. The van der Waals surface area contributed by atoms with E-state index in [2.05, 4.69) is 5.10 Å². The molecule has 40 heavy (non-hydrogen) atoms. The van der Waals surface area contributed by atoms with Crippen LogP contribution in [-0.4, -0.2) is 35.0 Å². The van der Waals surface area contributed by atoms with E-state index in [1.165, 1.54) is 37.2 Å². The van der Waals surface area contributed by atoms with E-state index in [0.717, 1.165) is 11.1 Å². The quantitative estimate of drug-likeness (QED) is 0.140. The molecule has 0 atom stereocenters. The van der Waals surface area contributed by atoms with Gasteiger partial charge >= 0.3 is 0 Å². The number of nitro groups is 1. The van der Waals surface area contributed by atoms with E-state index in [9.17, 15) is 14.9 Å². The molecule has 0 amide bonds. The zero-order valence-corrected chi connectivity index (χ0v) is 21.7. The van der Waals surface area contributed by atoms with Crippen molar-refractivity contribution in [2.75, 3.05) is 14.2 Å². The van der Waals surface area contributed by atoms with E-state index < -0.39 is 4.92 Å². The van der Waals surface area contributed by atoms with Gasteiger partial charge in [0, 0.05) is 23.3 Å². The van der Waals surface area contributed by atoms with Crippen LogP contribution in [0, 0.1) is 10.1 Å². The number of nitrogens with zero attached hydrogens (tertiary/aromatic N) is 4. The molecule has 1 aromatic heterocycles. The smallest absolute Gasteiger partial charge is 0.282 e. The van der Waals surface area contributed by atoms with Crippen LogP contribution < -0.4 is 19.8 Å². The molecule has 10 heteroatoms. The molecule has 0 saturated heterocycles. The number of rotatable bonds is 9. The van der Waals surface area contributed by atoms with Gasteiger partial charge < -0.3 is 14.2 Å². The molecule has 1 heterocycles. The Morgan fingerprint density at radius 1 is 0.925 bits per heavy atom. The fourth-order valence-corrected chi connectivity index (χ4v) is 4.12. The maximum atomic E-state index is 13.4. The van der Waals surface area contributed by atoms with Crippen LogP contribution in [0.25, 0.3) is 22.3 Å². The Morgan fingerprint density at radius 2 is 1.57 bits per heavy atom. The maximum absolute atomic E-state index is 13.4. The number of aromatic nitrogens is 2. The van der Waals surface area contributed by atoms with Gasteiger partial charge in [0.2, 0.25) is 5.75 Å². The standard InChI is InChI=1S/C30H24N4O6/c1-38-26-16-21(17-27(39-2)28(26)40-19-20-12-14-23(15-13-20)34(36)37)18-31-33-29(22-8-4-3-5-9-22)32-25-11-7-6-10-24(25)30(33)35/h3-18H,19H2,1-2H3. The lowest BCUT2D eigenvalue weighted by Gasteiger charge is -2.15. The van der Waals surface area contributed by atoms with Gasteiger partial charge in [-0.1, -0.05) is 42.5 Å². The van der Waals surface area contributed by atoms with Crippen LogP contribution in [-0.2, 0) is 6.61 Å². The van der Waals surface area contributed by atoms with Crippen molar-refractivity contribution in [3.05, 3.63) is 123 Å².